The minimum absolute atomic E-state index is 0.0847. The molecular formula is C15H30N2O3. The van der Waals surface area contributed by atoms with Crippen LogP contribution in [0.4, 0.5) is 0 Å². The van der Waals surface area contributed by atoms with E-state index in [1.807, 2.05) is 13.8 Å². The normalized spacial score (nSPS) is 12.8. The van der Waals surface area contributed by atoms with Gasteiger partial charge in [0.2, 0.25) is 5.91 Å². The molecule has 1 atom stereocenters. The molecular weight excluding hydrogens is 256 g/mol. The smallest absolute Gasteiger partial charge is 0.303 e. The molecule has 5 heteroatoms. The fourth-order valence-corrected chi connectivity index (χ4v) is 2.37. The Hall–Kier alpha value is -1.10. The molecule has 20 heavy (non-hydrogen) atoms. The van der Waals surface area contributed by atoms with Crippen molar-refractivity contribution >= 4 is 11.9 Å². The van der Waals surface area contributed by atoms with Crippen LogP contribution in [0.15, 0.2) is 0 Å². The zero-order valence-electron chi connectivity index (χ0n) is 13.3. The molecule has 0 aliphatic carbocycles. The van der Waals surface area contributed by atoms with Crippen LogP contribution in [0.3, 0.4) is 0 Å². The minimum Gasteiger partial charge on any atom is -0.481 e. The molecule has 3 N–H and O–H groups in total. The second-order valence-corrected chi connectivity index (χ2v) is 6.11. The lowest BCUT2D eigenvalue weighted by Gasteiger charge is -2.28. The number of aliphatic carboxylic acids is 1. The lowest BCUT2D eigenvalue weighted by atomic mass is 9.93. The van der Waals surface area contributed by atoms with Crippen LogP contribution in [0, 0.1) is 11.8 Å². The summed E-state index contributed by atoms with van der Waals surface area (Å²) in [6.45, 7) is 9.18. The van der Waals surface area contributed by atoms with E-state index < -0.39 is 5.97 Å². The Morgan fingerprint density at radius 2 is 1.80 bits per heavy atom. The molecule has 0 spiro atoms. The maximum absolute atomic E-state index is 12.3. The molecule has 0 heterocycles. The summed E-state index contributed by atoms with van der Waals surface area (Å²) in [5, 5.41) is 8.67. The molecule has 0 aliphatic rings. The molecule has 0 fully saturated rings. The molecule has 0 saturated carbocycles. The third-order valence-electron chi connectivity index (χ3n) is 3.33. The monoisotopic (exact) mass is 286 g/mol. The van der Waals surface area contributed by atoms with Crippen LogP contribution in [-0.2, 0) is 9.59 Å². The average Bonchev–Trinajstić information content (AvgIpc) is 2.32. The first kappa shape index (κ1) is 18.9. The Balaban J connectivity index is 4.43. The van der Waals surface area contributed by atoms with Crippen molar-refractivity contribution in [2.24, 2.45) is 17.6 Å². The zero-order chi connectivity index (χ0) is 15.7. The van der Waals surface area contributed by atoms with Gasteiger partial charge in [0.1, 0.15) is 0 Å². The molecule has 1 unspecified atom stereocenters. The first-order valence-electron chi connectivity index (χ1n) is 7.49. The fraction of sp³-hybridized carbons (Fsp3) is 0.867. The van der Waals surface area contributed by atoms with Crippen LogP contribution in [0.5, 0.6) is 0 Å². The van der Waals surface area contributed by atoms with Crippen LogP contribution in [-0.4, -0.2) is 41.0 Å². The second kappa shape index (κ2) is 9.75. The van der Waals surface area contributed by atoms with E-state index in [1.54, 1.807) is 4.90 Å². The Morgan fingerprint density at radius 3 is 2.20 bits per heavy atom. The highest BCUT2D eigenvalue weighted by Crippen LogP contribution is 2.17. The van der Waals surface area contributed by atoms with Crippen molar-refractivity contribution in [3.63, 3.8) is 0 Å². The van der Waals surface area contributed by atoms with Gasteiger partial charge in [-0.05, 0) is 45.1 Å². The summed E-state index contributed by atoms with van der Waals surface area (Å²) in [4.78, 5) is 24.6. The molecule has 0 aromatic heterocycles. The number of amides is 1. The molecule has 0 aliphatic heterocycles. The maximum Gasteiger partial charge on any atom is 0.303 e. The highest BCUT2D eigenvalue weighted by molar-refractivity contribution is 5.76. The van der Waals surface area contributed by atoms with E-state index in [-0.39, 0.29) is 24.3 Å². The lowest BCUT2D eigenvalue weighted by Crippen LogP contribution is -2.39. The van der Waals surface area contributed by atoms with Gasteiger partial charge in [0.25, 0.3) is 0 Å². The topological polar surface area (TPSA) is 83.6 Å². The van der Waals surface area contributed by atoms with Gasteiger partial charge in [0.15, 0.2) is 0 Å². The van der Waals surface area contributed by atoms with Gasteiger partial charge in [-0.15, -0.1) is 0 Å². The van der Waals surface area contributed by atoms with Crippen LogP contribution >= 0.6 is 0 Å². The maximum atomic E-state index is 12.3. The molecule has 0 saturated heterocycles. The number of carboxylic acid groups (broad SMARTS) is 1. The van der Waals surface area contributed by atoms with E-state index in [2.05, 4.69) is 13.8 Å². The highest BCUT2D eigenvalue weighted by Gasteiger charge is 2.21. The summed E-state index contributed by atoms with van der Waals surface area (Å²) in [7, 11) is 0. The first-order valence-corrected chi connectivity index (χ1v) is 7.49. The Bertz CT molecular complexity index is 303. The molecule has 0 radical (unpaired) electrons. The highest BCUT2D eigenvalue weighted by atomic mass is 16.4. The molecule has 0 aromatic rings. The Morgan fingerprint density at radius 1 is 1.20 bits per heavy atom. The lowest BCUT2D eigenvalue weighted by molar-refractivity contribution is -0.139. The van der Waals surface area contributed by atoms with E-state index >= 15 is 0 Å². The summed E-state index contributed by atoms with van der Waals surface area (Å²) < 4.78 is 0. The SMILES string of the molecule is CC(C)CC(CN)CC(=O)N(CCCC(=O)O)C(C)C. The van der Waals surface area contributed by atoms with Crippen LogP contribution < -0.4 is 5.73 Å². The second-order valence-electron chi connectivity index (χ2n) is 6.11. The van der Waals surface area contributed by atoms with Gasteiger partial charge < -0.3 is 15.7 Å². The van der Waals surface area contributed by atoms with Gasteiger partial charge in [-0.3, -0.25) is 9.59 Å². The number of carbonyl (C=O) groups excluding carboxylic acids is 1. The van der Waals surface area contributed by atoms with Crippen molar-refractivity contribution in [3.8, 4) is 0 Å². The van der Waals surface area contributed by atoms with E-state index in [1.165, 1.54) is 0 Å². The summed E-state index contributed by atoms with van der Waals surface area (Å²) in [5.74, 6) is 0.00127. The van der Waals surface area contributed by atoms with Crippen molar-refractivity contribution in [3.05, 3.63) is 0 Å². The molecule has 0 aromatic carbocycles. The fourth-order valence-electron chi connectivity index (χ4n) is 2.37. The van der Waals surface area contributed by atoms with Crippen molar-refractivity contribution in [1.29, 1.82) is 0 Å². The minimum atomic E-state index is -0.819. The first-order chi connectivity index (χ1) is 9.27. The van der Waals surface area contributed by atoms with Crippen molar-refractivity contribution in [2.45, 2.75) is 59.4 Å². The number of nitrogens with two attached hydrogens (primary N) is 1. The summed E-state index contributed by atoms with van der Waals surface area (Å²) in [6, 6.07) is 0.0915. The van der Waals surface area contributed by atoms with Gasteiger partial charge >= 0.3 is 5.97 Å². The van der Waals surface area contributed by atoms with Crippen LogP contribution in [0.2, 0.25) is 0 Å². The third kappa shape index (κ3) is 8.15. The van der Waals surface area contributed by atoms with Gasteiger partial charge in [0.05, 0.1) is 0 Å². The van der Waals surface area contributed by atoms with Gasteiger partial charge in [-0.25, -0.2) is 0 Å². The van der Waals surface area contributed by atoms with Crippen molar-refractivity contribution < 1.29 is 14.7 Å². The predicted octanol–water partition coefficient (Wildman–Crippen LogP) is 2.10. The number of hydrogen-bond donors (Lipinski definition) is 2. The zero-order valence-corrected chi connectivity index (χ0v) is 13.3. The number of rotatable bonds is 10. The van der Waals surface area contributed by atoms with Gasteiger partial charge in [-0.1, -0.05) is 13.8 Å². The Labute approximate surface area is 122 Å². The predicted molar refractivity (Wildman–Crippen MR) is 80.3 cm³/mol. The molecule has 0 bridgehead atoms. The van der Waals surface area contributed by atoms with Crippen molar-refractivity contribution in [2.75, 3.05) is 13.1 Å². The van der Waals surface area contributed by atoms with Gasteiger partial charge in [-0.2, -0.15) is 0 Å². The molecule has 118 valence electrons. The molecule has 0 rings (SSSR count). The number of hydrogen-bond acceptors (Lipinski definition) is 3. The van der Waals surface area contributed by atoms with E-state index in [9.17, 15) is 9.59 Å². The summed E-state index contributed by atoms with van der Waals surface area (Å²) in [6.07, 6.45) is 2.00. The number of carbonyl (C=O) groups is 2. The average molecular weight is 286 g/mol. The van der Waals surface area contributed by atoms with Crippen LogP contribution in [0.1, 0.15) is 53.4 Å². The quantitative estimate of drug-likeness (QED) is 0.644. The van der Waals surface area contributed by atoms with E-state index in [0.29, 0.717) is 31.8 Å². The van der Waals surface area contributed by atoms with E-state index in [4.69, 9.17) is 10.8 Å². The summed E-state index contributed by atoms with van der Waals surface area (Å²) >= 11 is 0. The molecule has 5 nitrogen and oxygen atoms in total. The van der Waals surface area contributed by atoms with Gasteiger partial charge in [0, 0.05) is 25.4 Å². The van der Waals surface area contributed by atoms with Crippen molar-refractivity contribution in [1.82, 2.24) is 4.90 Å². The number of carboxylic acids is 1. The van der Waals surface area contributed by atoms with E-state index in [0.717, 1.165) is 6.42 Å². The molecule has 1 amide bonds. The summed E-state index contributed by atoms with van der Waals surface area (Å²) in [5.41, 5.74) is 5.74. The Kier molecular flexibility index (Phi) is 9.21. The number of nitrogens with zero attached hydrogens (tertiary/aromatic N) is 1. The third-order valence-corrected chi connectivity index (χ3v) is 3.33. The standard InChI is InChI=1S/C15H30N2O3/c1-11(2)8-13(10-16)9-14(18)17(12(3)4)7-5-6-15(19)20/h11-13H,5-10,16H2,1-4H3,(H,19,20). The van der Waals surface area contributed by atoms with Crippen LogP contribution in [0.25, 0.3) is 0 Å². The largest absolute Gasteiger partial charge is 0.481 e.